The molecule has 0 radical (unpaired) electrons. The van der Waals surface area contributed by atoms with Crippen molar-refractivity contribution in [1.29, 1.82) is 0 Å². The Morgan fingerprint density at radius 1 is 0.884 bits per heavy atom. The molecule has 43 heavy (non-hydrogen) atoms. The summed E-state index contributed by atoms with van der Waals surface area (Å²) in [6, 6.07) is 20.9. The Labute approximate surface area is 251 Å². The minimum absolute atomic E-state index is 0.0437. The maximum absolute atomic E-state index is 13.7. The highest BCUT2D eigenvalue weighted by Gasteiger charge is 2.34. The van der Waals surface area contributed by atoms with Crippen molar-refractivity contribution in [2.24, 2.45) is 11.7 Å². The van der Waals surface area contributed by atoms with Crippen LogP contribution in [-0.4, -0.2) is 59.3 Å². The lowest BCUT2D eigenvalue weighted by atomic mass is 9.74. The number of nitrogens with two attached hydrogens (primary N) is 1. The fourth-order valence-corrected chi connectivity index (χ4v) is 5.72. The molecule has 0 saturated heterocycles. The second-order valence-corrected chi connectivity index (χ2v) is 10.8. The van der Waals surface area contributed by atoms with E-state index in [1.54, 1.807) is 24.3 Å². The first kappa shape index (κ1) is 31.7. The first-order valence-electron chi connectivity index (χ1n) is 14.6. The van der Waals surface area contributed by atoms with Crippen molar-refractivity contribution in [1.82, 2.24) is 10.2 Å². The number of rotatable bonds is 12. The Balaban J connectivity index is 1.53. The number of urea groups is 1. The molecule has 5 N–H and O–H groups in total. The number of halogens is 1. The summed E-state index contributed by atoms with van der Waals surface area (Å²) in [6.45, 7) is -0.271. The van der Waals surface area contributed by atoms with E-state index in [-0.39, 0.29) is 50.6 Å². The number of anilines is 1. The van der Waals surface area contributed by atoms with Crippen LogP contribution in [0.1, 0.15) is 54.3 Å². The number of primary amides is 1. The van der Waals surface area contributed by atoms with Crippen LogP contribution in [0.15, 0.2) is 78.9 Å². The van der Waals surface area contributed by atoms with Crippen molar-refractivity contribution in [3.63, 3.8) is 0 Å². The van der Waals surface area contributed by atoms with E-state index >= 15 is 0 Å². The number of nitrogens with one attached hydrogen (secondary N) is 1. The Bertz CT molecular complexity index is 1350. The number of amides is 4. The van der Waals surface area contributed by atoms with Gasteiger partial charge in [-0.1, -0.05) is 67.4 Å². The molecule has 4 rings (SSSR count). The number of hydrogen-bond acceptors (Lipinski definition) is 5. The smallest absolute Gasteiger partial charge is 0.324 e. The molecule has 3 aromatic rings. The van der Waals surface area contributed by atoms with Crippen LogP contribution in [0.3, 0.4) is 0 Å². The van der Waals surface area contributed by atoms with Crippen molar-refractivity contribution in [2.75, 3.05) is 31.2 Å². The quantitative estimate of drug-likeness (QED) is 0.254. The zero-order chi connectivity index (χ0) is 30.8. The zero-order valence-electron chi connectivity index (χ0n) is 24.1. The molecule has 0 unspecified atom stereocenters. The molecule has 0 heterocycles. The molecule has 1 saturated carbocycles. The molecule has 3 atom stereocenters. The van der Waals surface area contributed by atoms with Gasteiger partial charge < -0.3 is 26.2 Å². The van der Waals surface area contributed by atoms with Gasteiger partial charge in [0.1, 0.15) is 11.9 Å². The number of carbonyl (C=O) groups is 3. The van der Waals surface area contributed by atoms with E-state index in [0.717, 1.165) is 30.4 Å². The Hall–Kier alpha value is -4.28. The topological polar surface area (TPSA) is 136 Å². The fraction of sp³-hybridized carbons (Fsp3) is 0.364. The van der Waals surface area contributed by atoms with Crippen LogP contribution in [0.5, 0.6) is 0 Å². The molecule has 0 aromatic heterocycles. The normalized spacial score (nSPS) is 17.1. The number of benzene rings is 3. The molecule has 3 aromatic carbocycles. The highest BCUT2D eigenvalue weighted by atomic mass is 19.1. The predicted molar refractivity (Wildman–Crippen MR) is 161 cm³/mol. The molecular formula is C33H39FN4O5. The third-order valence-corrected chi connectivity index (χ3v) is 7.93. The number of nitrogens with zero attached hydrogens (tertiary/aromatic N) is 2. The molecule has 0 bridgehead atoms. The highest BCUT2D eigenvalue weighted by Crippen LogP contribution is 2.38. The maximum atomic E-state index is 13.7. The van der Waals surface area contributed by atoms with Gasteiger partial charge in [-0.25, -0.2) is 9.18 Å². The summed E-state index contributed by atoms with van der Waals surface area (Å²) in [4.78, 5) is 42.0. The van der Waals surface area contributed by atoms with Gasteiger partial charge in [-0.2, -0.15) is 0 Å². The molecule has 0 aliphatic heterocycles. The maximum Gasteiger partial charge on any atom is 0.324 e. The Morgan fingerprint density at radius 3 is 2.12 bits per heavy atom. The summed E-state index contributed by atoms with van der Waals surface area (Å²) in [5.74, 6) is -1.63. The minimum Gasteiger partial charge on any atom is -0.395 e. The third-order valence-electron chi connectivity index (χ3n) is 7.93. The lowest BCUT2D eigenvalue weighted by molar-refractivity contribution is -0.131. The number of carbonyl (C=O) groups excluding carboxylic acids is 3. The highest BCUT2D eigenvalue weighted by molar-refractivity contribution is 5.92. The number of aliphatic hydroxyl groups excluding tert-OH is 2. The van der Waals surface area contributed by atoms with E-state index in [4.69, 9.17) is 5.73 Å². The van der Waals surface area contributed by atoms with E-state index in [0.29, 0.717) is 17.7 Å². The van der Waals surface area contributed by atoms with Gasteiger partial charge in [0.25, 0.3) is 0 Å². The van der Waals surface area contributed by atoms with E-state index in [1.165, 1.54) is 34.1 Å². The summed E-state index contributed by atoms with van der Waals surface area (Å²) in [5, 5.41) is 21.8. The SMILES string of the molecule is NC(=O)[C@@H](NC(=O)[C@@H]1CCCC[C@H]1c1ccc(CN(C(=O)N(CCO)CCO)c2ccc(F)cc2)cc1)c1ccccc1. The largest absolute Gasteiger partial charge is 0.395 e. The van der Waals surface area contributed by atoms with Gasteiger partial charge in [0, 0.05) is 24.7 Å². The van der Waals surface area contributed by atoms with Gasteiger partial charge in [0.15, 0.2) is 0 Å². The van der Waals surface area contributed by atoms with Crippen LogP contribution in [0.4, 0.5) is 14.9 Å². The number of hydrogen-bond donors (Lipinski definition) is 4. The first-order chi connectivity index (χ1) is 20.8. The van der Waals surface area contributed by atoms with Crippen LogP contribution in [0.25, 0.3) is 0 Å². The molecule has 1 aliphatic carbocycles. The van der Waals surface area contributed by atoms with Crippen molar-refractivity contribution in [3.8, 4) is 0 Å². The lowest BCUT2D eigenvalue weighted by Gasteiger charge is -2.32. The summed E-state index contributed by atoms with van der Waals surface area (Å²) < 4.78 is 13.7. The van der Waals surface area contributed by atoms with Gasteiger partial charge >= 0.3 is 6.03 Å². The molecule has 10 heteroatoms. The van der Waals surface area contributed by atoms with Crippen LogP contribution in [0.2, 0.25) is 0 Å². The second-order valence-electron chi connectivity index (χ2n) is 10.8. The molecule has 9 nitrogen and oxygen atoms in total. The summed E-state index contributed by atoms with van der Waals surface area (Å²) in [5.41, 5.74) is 8.55. The van der Waals surface area contributed by atoms with Crippen LogP contribution >= 0.6 is 0 Å². The summed E-state index contributed by atoms with van der Waals surface area (Å²) in [6.07, 6.45) is 3.40. The lowest BCUT2D eigenvalue weighted by Crippen LogP contribution is -2.45. The number of aliphatic hydroxyl groups is 2. The molecular weight excluding hydrogens is 551 g/mol. The van der Waals surface area contributed by atoms with Gasteiger partial charge in [-0.05, 0) is 59.7 Å². The minimum atomic E-state index is -0.912. The van der Waals surface area contributed by atoms with E-state index in [2.05, 4.69) is 5.32 Å². The van der Waals surface area contributed by atoms with Gasteiger partial charge in [0.05, 0.1) is 19.8 Å². The Kier molecular flexibility index (Phi) is 11.2. The molecule has 0 spiro atoms. The van der Waals surface area contributed by atoms with Crippen molar-refractivity contribution >= 4 is 23.5 Å². The van der Waals surface area contributed by atoms with Crippen LogP contribution < -0.4 is 16.0 Å². The molecule has 228 valence electrons. The van der Waals surface area contributed by atoms with Crippen molar-refractivity contribution < 1.29 is 29.0 Å². The van der Waals surface area contributed by atoms with Crippen LogP contribution in [0, 0.1) is 11.7 Å². The van der Waals surface area contributed by atoms with Gasteiger partial charge in [-0.3, -0.25) is 14.5 Å². The first-order valence-corrected chi connectivity index (χ1v) is 14.6. The Morgan fingerprint density at radius 2 is 1.51 bits per heavy atom. The molecule has 4 amide bonds. The zero-order valence-corrected chi connectivity index (χ0v) is 24.1. The molecule has 1 fully saturated rings. The average molecular weight is 591 g/mol. The van der Waals surface area contributed by atoms with Crippen molar-refractivity contribution in [3.05, 3.63) is 101 Å². The second kappa shape index (κ2) is 15.3. The summed E-state index contributed by atoms with van der Waals surface area (Å²) in [7, 11) is 0. The fourth-order valence-electron chi connectivity index (χ4n) is 5.72. The van der Waals surface area contributed by atoms with E-state index in [9.17, 15) is 29.0 Å². The summed E-state index contributed by atoms with van der Waals surface area (Å²) >= 11 is 0. The monoisotopic (exact) mass is 590 g/mol. The van der Waals surface area contributed by atoms with Gasteiger partial charge in [0.2, 0.25) is 11.8 Å². The average Bonchev–Trinajstić information content (AvgIpc) is 3.03. The predicted octanol–water partition coefficient (Wildman–Crippen LogP) is 3.86. The van der Waals surface area contributed by atoms with E-state index < -0.39 is 23.8 Å². The third kappa shape index (κ3) is 8.18. The molecule has 1 aliphatic rings. The van der Waals surface area contributed by atoms with E-state index in [1.807, 2.05) is 30.3 Å². The standard InChI is InChI=1S/C33H39FN4O5/c34-26-14-16-27(17-15-26)38(33(43)37(18-20-39)19-21-40)22-23-10-12-24(13-11-23)28-8-4-5-9-29(28)32(42)36-30(31(35)41)25-6-2-1-3-7-25/h1-3,6-7,10-17,28-30,39-40H,4-5,8-9,18-22H2,(H2,35,41)(H,36,42)/t28-,29+,30-/m0/s1. The van der Waals surface area contributed by atoms with Crippen LogP contribution in [-0.2, 0) is 16.1 Å². The van der Waals surface area contributed by atoms with Gasteiger partial charge in [-0.15, -0.1) is 0 Å². The van der Waals surface area contributed by atoms with Crippen molar-refractivity contribution in [2.45, 2.75) is 44.2 Å².